The highest BCUT2D eigenvalue weighted by atomic mass is 79.9. The fraction of sp³-hybridized carbons (Fsp3) is 1.00. The molecule has 0 saturated heterocycles. The van der Waals surface area contributed by atoms with Gasteiger partial charge in [-0.2, -0.15) is 0 Å². The number of halogens is 2. The monoisotopic (exact) mass is 224 g/mol. The predicted octanol–water partition coefficient (Wildman–Crippen LogP) is 2.31. The van der Waals surface area contributed by atoms with Gasteiger partial charge in [-0.3, -0.25) is 0 Å². The van der Waals surface area contributed by atoms with E-state index in [4.69, 9.17) is 0 Å². The maximum Gasteiger partial charge on any atom is 0.0344 e. The highest BCUT2D eigenvalue weighted by Gasteiger charge is 2.69. The molecule has 40 valence electrons. The SMILES string of the molecule is BrC1C(Br)C12CC2. The van der Waals surface area contributed by atoms with Gasteiger partial charge in [0.1, 0.15) is 0 Å². The zero-order chi connectivity index (χ0) is 5.07. The first-order chi connectivity index (χ1) is 3.27. The smallest absolute Gasteiger partial charge is 0.0344 e. The fourth-order valence-corrected chi connectivity index (χ4v) is 3.68. The lowest BCUT2D eigenvalue weighted by molar-refractivity contribution is 0.917. The maximum absolute atomic E-state index is 3.58. The largest absolute Gasteiger partial charge is 0.0872 e. The molecule has 0 heterocycles. The van der Waals surface area contributed by atoms with Crippen LogP contribution in [0.15, 0.2) is 0 Å². The van der Waals surface area contributed by atoms with Crippen LogP contribution in [0.25, 0.3) is 0 Å². The Morgan fingerprint density at radius 2 is 1.57 bits per heavy atom. The summed E-state index contributed by atoms with van der Waals surface area (Å²) in [6.45, 7) is 0. The Morgan fingerprint density at radius 1 is 1.14 bits per heavy atom. The van der Waals surface area contributed by atoms with E-state index < -0.39 is 0 Å². The summed E-state index contributed by atoms with van der Waals surface area (Å²) in [5, 5.41) is 0. The standard InChI is InChI=1S/C5H6Br2/c6-3-4(7)5(3)1-2-5/h3-4H,1-2H2. The van der Waals surface area contributed by atoms with Gasteiger partial charge in [0.2, 0.25) is 0 Å². The molecule has 0 aromatic rings. The Bertz CT molecular complexity index is 96.6. The molecule has 0 bridgehead atoms. The third kappa shape index (κ3) is 0.430. The molecule has 0 radical (unpaired) electrons. The topological polar surface area (TPSA) is 0 Å². The van der Waals surface area contributed by atoms with Gasteiger partial charge >= 0.3 is 0 Å². The Balaban J connectivity index is 2.17. The molecule has 0 aliphatic heterocycles. The third-order valence-electron chi connectivity index (χ3n) is 2.07. The summed E-state index contributed by atoms with van der Waals surface area (Å²) >= 11 is 7.17. The molecule has 2 saturated carbocycles. The van der Waals surface area contributed by atoms with Crippen LogP contribution in [0.2, 0.25) is 0 Å². The second-order valence-electron chi connectivity index (χ2n) is 2.54. The van der Waals surface area contributed by atoms with Crippen LogP contribution in [0.4, 0.5) is 0 Å². The van der Waals surface area contributed by atoms with Crippen LogP contribution >= 0.6 is 31.9 Å². The number of hydrogen-bond acceptors (Lipinski definition) is 0. The van der Waals surface area contributed by atoms with Crippen molar-refractivity contribution in [2.24, 2.45) is 5.41 Å². The Morgan fingerprint density at radius 3 is 1.57 bits per heavy atom. The predicted molar refractivity (Wildman–Crippen MR) is 37.1 cm³/mol. The molecule has 2 atom stereocenters. The van der Waals surface area contributed by atoms with Gasteiger partial charge in [0.15, 0.2) is 0 Å². The molecular weight excluding hydrogens is 220 g/mol. The normalized spacial score (nSPS) is 52.3. The van der Waals surface area contributed by atoms with Crippen LogP contribution in [0.1, 0.15) is 12.8 Å². The first-order valence-corrected chi connectivity index (χ1v) is 4.39. The summed E-state index contributed by atoms with van der Waals surface area (Å²) in [7, 11) is 0. The van der Waals surface area contributed by atoms with E-state index in [1.165, 1.54) is 12.8 Å². The van der Waals surface area contributed by atoms with E-state index in [0.717, 1.165) is 15.1 Å². The molecule has 2 fully saturated rings. The van der Waals surface area contributed by atoms with Crippen molar-refractivity contribution in [3.8, 4) is 0 Å². The van der Waals surface area contributed by atoms with Crippen molar-refractivity contribution in [1.82, 2.24) is 0 Å². The van der Waals surface area contributed by atoms with Gasteiger partial charge < -0.3 is 0 Å². The first-order valence-electron chi connectivity index (χ1n) is 2.55. The van der Waals surface area contributed by atoms with E-state index in [9.17, 15) is 0 Å². The molecule has 0 N–H and O–H groups in total. The van der Waals surface area contributed by atoms with Gasteiger partial charge in [0.05, 0.1) is 0 Å². The molecule has 7 heavy (non-hydrogen) atoms. The lowest BCUT2D eigenvalue weighted by Crippen LogP contribution is -1.67. The first kappa shape index (κ1) is 4.80. The molecule has 0 amide bonds. The van der Waals surface area contributed by atoms with Crippen molar-refractivity contribution in [2.75, 3.05) is 0 Å². The maximum atomic E-state index is 3.58. The summed E-state index contributed by atoms with van der Waals surface area (Å²) in [5.74, 6) is 0. The van der Waals surface area contributed by atoms with Crippen molar-refractivity contribution in [3.63, 3.8) is 0 Å². The third-order valence-corrected chi connectivity index (χ3v) is 5.66. The van der Waals surface area contributed by atoms with Gasteiger partial charge in [-0.1, -0.05) is 31.9 Å². The number of hydrogen-bond donors (Lipinski definition) is 0. The van der Waals surface area contributed by atoms with Gasteiger partial charge in [0, 0.05) is 9.65 Å². The molecular formula is C5H6Br2. The van der Waals surface area contributed by atoms with E-state index in [1.54, 1.807) is 0 Å². The van der Waals surface area contributed by atoms with Crippen LogP contribution in [0, 0.1) is 5.41 Å². The summed E-state index contributed by atoms with van der Waals surface area (Å²) < 4.78 is 0. The fourth-order valence-electron chi connectivity index (χ4n) is 1.09. The van der Waals surface area contributed by atoms with Crippen molar-refractivity contribution in [2.45, 2.75) is 22.5 Å². The lowest BCUT2D eigenvalue weighted by Gasteiger charge is -1.70. The minimum atomic E-state index is 0.750. The number of rotatable bonds is 0. The molecule has 1 spiro atoms. The summed E-state index contributed by atoms with van der Waals surface area (Å²) in [6.07, 6.45) is 2.89. The van der Waals surface area contributed by atoms with Gasteiger partial charge in [-0.15, -0.1) is 0 Å². The molecule has 0 aromatic carbocycles. The molecule has 0 nitrogen and oxygen atoms in total. The number of alkyl halides is 2. The average Bonchev–Trinajstić information content (AvgIpc) is 2.47. The van der Waals surface area contributed by atoms with Crippen molar-refractivity contribution in [3.05, 3.63) is 0 Å². The lowest BCUT2D eigenvalue weighted by atomic mass is 10.4. The molecule has 0 aromatic heterocycles. The zero-order valence-corrected chi connectivity index (χ0v) is 7.00. The van der Waals surface area contributed by atoms with Crippen LogP contribution in [0.3, 0.4) is 0 Å². The Hall–Kier alpha value is 0.960. The van der Waals surface area contributed by atoms with Crippen LogP contribution < -0.4 is 0 Å². The zero-order valence-electron chi connectivity index (χ0n) is 3.82. The summed E-state index contributed by atoms with van der Waals surface area (Å²) in [6, 6.07) is 0. The van der Waals surface area contributed by atoms with Crippen LogP contribution in [0.5, 0.6) is 0 Å². The molecule has 2 rings (SSSR count). The van der Waals surface area contributed by atoms with Crippen molar-refractivity contribution >= 4 is 31.9 Å². The van der Waals surface area contributed by atoms with E-state index in [2.05, 4.69) is 31.9 Å². The van der Waals surface area contributed by atoms with E-state index in [-0.39, 0.29) is 0 Å². The van der Waals surface area contributed by atoms with E-state index in [1.807, 2.05) is 0 Å². The molecule has 2 unspecified atom stereocenters. The van der Waals surface area contributed by atoms with Gasteiger partial charge in [0.25, 0.3) is 0 Å². The molecule has 2 aliphatic rings. The summed E-state index contributed by atoms with van der Waals surface area (Å²) in [5.41, 5.74) is 0.750. The van der Waals surface area contributed by atoms with E-state index in [0.29, 0.717) is 0 Å². The Labute approximate surface area is 59.9 Å². The summed E-state index contributed by atoms with van der Waals surface area (Å²) in [4.78, 5) is 1.61. The second kappa shape index (κ2) is 1.10. The van der Waals surface area contributed by atoms with Crippen molar-refractivity contribution in [1.29, 1.82) is 0 Å². The highest BCUT2D eigenvalue weighted by molar-refractivity contribution is 9.13. The highest BCUT2D eigenvalue weighted by Crippen LogP contribution is 2.72. The van der Waals surface area contributed by atoms with Gasteiger partial charge in [-0.05, 0) is 18.3 Å². The quantitative estimate of drug-likeness (QED) is 0.556. The minimum Gasteiger partial charge on any atom is -0.0872 e. The van der Waals surface area contributed by atoms with E-state index >= 15 is 0 Å². The average molecular weight is 226 g/mol. The van der Waals surface area contributed by atoms with Crippen LogP contribution in [-0.4, -0.2) is 9.65 Å². The van der Waals surface area contributed by atoms with Gasteiger partial charge in [-0.25, -0.2) is 0 Å². The minimum absolute atomic E-state index is 0.750. The Kier molecular flexibility index (Phi) is 0.758. The van der Waals surface area contributed by atoms with Crippen molar-refractivity contribution < 1.29 is 0 Å². The molecule has 2 aliphatic carbocycles. The molecule has 2 heteroatoms. The van der Waals surface area contributed by atoms with Crippen LogP contribution in [-0.2, 0) is 0 Å². The second-order valence-corrected chi connectivity index (χ2v) is 4.51.